The van der Waals surface area contributed by atoms with Crippen LogP contribution in [0.4, 0.5) is 0 Å². The molecule has 2 unspecified atom stereocenters. The van der Waals surface area contributed by atoms with E-state index in [1.54, 1.807) is 0 Å². The molecular formula is C18H29N3O2. The number of amides is 1. The summed E-state index contributed by atoms with van der Waals surface area (Å²) in [5, 5.41) is 10.1. The summed E-state index contributed by atoms with van der Waals surface area (Å²) in [7, 11) is 0. The van der Waals surface area contributed by atoms with Crippen molar-refractivity contribution >= 4 is 5.91 Å². The summed E-state index contributed by atoms with van der Waals surface area (Å²) in [6.07, 6.45) is 2.95. The Hall–Kier alpha value is -1.33. The Kier molecular flexibility index (Phi) is 4.78. The summed E-state index contributed by atoms with van der Waals surface area (Å²) in [5.74, 6) is 0.157. The van der Waals surface area contributed by atoms with E-state index in [1.807, 2.05) is 17.9 Å². The minimum Gasteiger partial charge on any atom is -0.391 e. The Bertz CT molecular complexity index is 573. The van der Waals surface area contributed by atoms with Crippen molar-refractivity contribution in [3.05, 3.63) is 23.0 Å². The Labute approximate surface area is 138 Å². The molecule has 128 valence electrons. The van der Waals surface area contributed by atoms with Crippen LogP contribution in [-0.2, 0) is 6.54 Å². The number of aliphatic hydroxyl groups excluding tert-OH is 1. The van der Waals surface area contributed by atoms with Crippen LogP contribution in [-0.4, -0.2) is 63.7 Å². The van der Waals surface area contributed by atoms with Crippen molar-refractivity contribution in [3.8, 4) is 0 Å². The molecule has 0 aromatic carbocycles. The van der Waals surface area contributed by atoms with E-state index in [1.165, 1.54) is 0 Å². The van der Waals surface area contributed by atoms with Crippen LogP contribution < -0.4 is 0 Å². The van der Waals surface area contributed by atoms with Gasteiger partial charge in [0.25, 0.3) is 5.91 Å². The standard InChI is InChI=1S/C18H29N3O2/c1-4-21-13(2)12-15(14(21)3)18(23)20-10-8-19(9-11-20)16-6-5-7-17(16)22/h12,16-17,22H,4-11H2,1-3H3. The molecule has 1 saturated carbocycles. The normalized spacial score (nSPS) is 26.0. The van der Waals surface area contributed by atoms with Crippen LogP contribution >= 0.6 is 0 Å². The molecule has 1 amide bonds. The number of hydrogen-bond acceptors (Lipinski definition) is 3. The van der Waals surface area contributed by atoms with Gasteiger partial charge in [-0.15, -0.1) is 0 Å². The number of hydrogen-bond donors (Lipinski definition) is 1. The average Bonchev–Trinajstić information content (AvgIpc) is 3.10. The number of piperazine rings is 1. The van der Waals surface area contributed by atoms with E-state index in [0.717, 1.165) is 68.9 Å². The first kappa shape index (κ1) is 16.5. The molecule has 23 heavy (non-hydrogen) atoms. The highest BCUT2D eigenvalue weighted by Crippen LogP contribution is 2.25. The second-order valence-corrected chi connectivity index (χ2v) is 6.92. The second-order valence-electron chi connectivity index (χ2n) is 6.92. The molecule has 3 rings (SSSR count). The number of aliphatic hydroxyl groups is 1. The molecule has 1 aliphatic heterocycles. The molecule has 1 aromatic rings. The summed E-state index contributed by atoms with van der Waals surface area (Å²) in [6, 6.07) is 2.33. The van der Waals surface area contributed by atoms with E-state index < -0.39 is 0 Å². The predicted molar refractivity (Wildman–Crippen MR) is 90.7 cm³/mol. The zero-order valence-corrected chi connectivity index (χ0v) is 14.6. The van der Waals surface area contributed by atoms with Crippen LogP contribution in [0.25, 0.3) is 0 Å². The maximum atomic E-state index is 12.8. The topological polar surface area (TPSA) is 48.7 Å². The van der Waals surface area contributed by atoms with E-state index >= 15 is 0 Å². The van der Waals surface area contributed by atoms with E-state index in [9.17, 15) is 9.90 Å². The number of carbonyl (C=O) groups excluding carboxylic acids is 1. The first-order chi connectivity index (χ1) is 11.0. The molecule has 2 heterocycles. The lowest BCUT2D eigenvalue weighted by Crippen LogP contribution is -2.53. The molecule has 0 spiro atoms. The van der Waals surface area contributed by atoms with Crippen LogP contribution in [0.2, 0.25) is 0 Å². The third kappa shape index (κ3) is 3.04. The SMILES string of the molecule is CCn1c(C)cc(C(=O)N2CCN(C3CCCC3O)CC2)c1C. The molecule has 2 fully saturated rings. The molecule has 5 heteroatoms. The smallest absolute Gasteiger partial charge is 0.255 e. The summed E-state index contributed by atoms with van der Waals surface area (Å²) >= 11 is 0. The van der Waals surface area contributed by atoms with Crippen molar-refractivity contribution in [2.45, 2.75) is 58.7 Å². The molecule has 1 saturated heterocycles. The van der Waals surface area contributed by atoms with Gasteiger partial charge in [0.15, 0.2) is 0 Å². The average molecular weight is 319 g/mol. The maximum absolute atomic E-state index is 12.8. The van der Waals surface area contributed by atoms with Gasteiger partial charge < -0.3 is 14.6 Å². The van der Waals surface area contributed by atoms with Crippen molar-refractivity contribution in [2.75, 3.05) is 26.2 Å². The van der Waals surface area contributed by atoms with Gasteiger partial charge in [0, 0.05) is 50.2 Å². The number of carbonyl (C=O) groups is 1. The van der Waals surface area contributed by atoms with Crippen LogP contribution in [0.5, 0.6) is 0 Å². The van der Waals surface area contributed by atoms with E-state index in [2.05, 4.69) is 23.3 Å². The van der Waals surface area contributed by atoms with Gasteiger partial charge in [-0.2, -0.15) is 0 Å². The van der Waals surface area contributed by atoms with Crippen LogP contribution in [0.3, 0.4) is 0 Å². The quantitative estimate of drug-likeness (QED) is 0.924. The highest BCUT2D eigenvalue weighted by molar-refractivity contribution is 5.95. The first-order valence-corrected chi connectivity index (χ1v) is 8.91. The van der Waals surface area contributed by atoms with Crippen molar-refractivity contribution < 1.29 is 9.90 Å². The largest absolute Gasteiger partial charge is 0.391 e. The molecule has 1 aromatic heterocycles. The number of rotatable bonds is 3. The Balaban J connectivity index is 1.64. The maximum Gasteiger partial charge on any atom is 0.255 e. The molecule has 0 radical (unpaired) electrons. The number of aromatic nitrogens is 1. The van der Waals surface area contributed by atoms with E-state index in [4.69, 9.17) is 0 Å². The molecule has 1 N–H and O–H groups in total. The minimum atomic E-state index is -0.180. The Morgan fingerprint density at radius 1 is 1.22 bits per heavy atom. The van der Waals surface area contributed by atoms with Gasteiger partial charge in [0.1, 0.15) is 0 Å². The lowest BCUT2D eigenvalue weighted by Gasteiger charge is -2.39. The predicted octanol–water partition coefficient (Wildman–Crippen LogP) is 1.80. The van der Waals surface area contributed by atoms with Gasteiger partial charge in [-0.3, -0.25) is 9.69 Å². The summed E-state index contributed by atoms with van der Waals surface area (Å²) in [4.78, 5) is 17.2. The molecule has 2 atom stereocenters. The highest BCUT2D eigenvalue weighted by atomic mass is 16.3. The lowest BCUT2D eigenvalue weighted by molar-refractivity contribution is 0.0315. The fraction of sp³-hybridized carbons (Fsp3) is 0.722. The Morgan fingerprint density at radius 3 is 2.43 bits per heavy atom. The van der Waals surface area contributed by atoms with Crippen LogP contribution in [0.1, 0.15) is 47.9 Å². The molecule has 1 aliphatic carbocycles. The molecule has 0 bridgehead atoms. The van der Waals surface area contributed by atoms with Gasteiger partial charge in [-0.05, 0) is 46.1 Å². The fourth-order valence-electron chi connectivity index (χ4n) is 4.28. The van der Waals surface area contributed by atoms with Crippen LogP contribution in [0.15, 0.2) is 6.07 Å². The van der Waals surface area contributed by atoms with Crippen molar-refractivity contribution in [1.29, 1.82) is 0 Å². The summed E-state index contributed by atoms with van der Waals surface area (Å²) < 4.78 is 2.19. The number of aryl methyl sites for hydroxylation is 1. The van der Waals surface area contributed by atoms with E-state index in [-0.39, 0.29) is 12.0 Å². The van der Waals surface area contributed by atoms with Crippen LogP contribution in [0, 0.1) is 13.8 Å². The van der Waals surface area contributed by atoms with Crippen molar-refractivity contribution in [1.82, 2.24) is 14.4 Å². The third-order valence-corrected chi connectivity index (χ3v) is 5.63. The molecule has 2 aliphatic rings. The van der Waals surface area contributed by atoms with Crippen molar-refractivity contribution in [3.63, 3.8) is 0 Å². The zero-order valence-electron chi connectivity index (χ0n) is 14.6. The van der Waals surface area contributed by atoms with Gasteiger partial charge in [0.2, 0.25) is 0 Å². The van der Waals surface area contributed by atoms with Gasteiger partial charge in [-0.1, -0.05) is 0 Å². The highest BCUT2D eigenvalue weighted by Gasteiger charge is 2.33. The monoisotopic (exact) mass is 319 g/mol. The fourth-order valence-corrected chi connectivity index (χ4v) is 4.28. The minimum absolute atomic E-state index is 0.157. The number of nitrogens with zero attached hydrogens (tertiary/aromatic N) is 3. The molecule has 5 nitrogen and oxygen atoms in total. The van der Waals surface area contributed by atoms with E-state index in [0.29, 0.717) is 6.04 Å². The summed E-state index contributed by atoms with van der Waals surface area (Å²) in [5.41, 5.74) is 3.07. The lowest BCUT2D eigenvalue weighted by atomic mass is 10.1. The van der Waals surface area contributed by atoms with Crippen molar-refractivity contribution in [2.24, 2.45) is 0 Å². The van der Waals surface area contributed by atoms with Gasteiger partial charge >= 0.3 is 0 Å². The molecular weight excluding hydrogens is 290 g/mol. The van der Waals surface area contributed by atoms with Gasteiger partial charge in [0.05, 0.1) is 11.7 Å². The Morgan fingerprint density at radius 2 is 1.91 bits per heavy atom. The van der Waals surface area contributed by atoms with Gasteiger partial charge in [-0.25, -0.2) is 0 Å². The third-order valence-electron chi connectivity index (χ3n) is 5.63. The first-order valence-electron chi connectivity index (χ1n) is 8.91. The second kappa shape index (κ2) is 6.65. The zero-order chi connectivity index (χ0) is 16.6. The summed E-state index contributed by atoms with van der Waals surface area (Å²) in [6.45, 7) is 10.4.